The van der Waals surface area contributed by atoms with E-state index in [1.54, 1.807) is 11.3 Å². The highest BCUT2D eigenvalue weighted by Gasteiger charge is 2.41. The Morgan fingerprint density at radius 2 is 2.53 bits per heavy atom. The molecular weight excluding hydrogens is 228 g/mol. The zero-order valence-electron chi connectivity index (χ0n) is 8.47. The van der Waals surface area contributed by atoms with E-state index in [2.05, 4.69) is 4.98 Å². The lowest BCUT2D eigenvalue weighted by molar-refractivity contribution is 0.0742. The predicted molar refractivity (Wildman–Crippen MR) is 62.5 cm³/mol. The molecule has 1 amide bonds. The Morgan fingerprint density at radius 3 is 3.07 bits per heavy atom. The standard InChI is InChI=1S/C10H12N2OS2/c1-6-11-9(5-14-6)10(13)12-3-8-2-7(12)4-15-8/h5,7-8H,2-4H2,1H3. The quantitative estimate of drug-likeness (QED) is 0.750. The molecule has 5 heteroatoms. The first-order valence-electron chi connectivity index (χ1n) is 5.09. The first-order chi connectivity index (χ1) is 7.24. The maximum Gasteiger partial charge on any atom is 0.273 e. The van der Waals surface area contributed by atoms with Crippen LogP contribution in [0.5, 0.6) is 0 Å². The summed E-state index contributed by atoms with van der Waals surface area (Å²) in [5.41, 5.74) is 0.634. The molecule has 0 radical (unpaired) electrons. The molecule has 0 N–H and O–H groups in total. The molecule has 0 aliphatic carbocycles. The number of carbonyl (C=O) groups excluding carboxylic acids is 1. The number of thioether (sulfide) groups is 1. The number of rotatable bonds is 1. The Hall–Kier alpha value is -0.550. The van der Waals surface area contributed by atoms with Gasteiger partial charge < -0.3 is 4.90 Å². The highest BCUT2D eigenvalue weighted by molar-refractivity contribution is 8.00. The second-order valence-electron chi connectivity index (χ2n) is 4.05. The molecule has 0 spiro atoms. The molecule has 2 atom stereocenters. The third kappa shape index (κ3) is 1.58. The number of amides is 1. The largest absolute Gasteiger partial charge is 0.332 e. The lowest BCUT2D eigenvalue weighted by Crippen LogP contribution is -2.39. The highest BCUT2D eigenvalue weighted by Crippen LogP contribution is 2.38. The van der Waals surface area contributed by atoms with Crippen LogP contribution in [0.3, 0.4) is 0 Å². The molecule has 3 heterocycles. The van der Waals surface area contributed by atoms with Gasteiger partial charge >= 0.3 is 0 Å². The second kappa shape index (κ2) is 3.49. The van der Waals surface area contributed by atoms with E-state index in [1.807, 2.05) is 29.0 Å². The average molecular weight is 240 g/mol. The Balaban J connectivity index is 1.81. The Labute approximate surface area is 96.9 Å². The summed E-state index contributed by atoms with van der Waals surface area (Å²) in [6.07, 6.45) is 1.18. The predicted octanol–water partition coefficient (Wildman–Crippen LogP) is 1.78. The molecule has 2 unspecified atom stereocenters. The van der Waals surface area contributed by atoms with Crippen LogP contribution in [-0.2, 0) is 0 Å². The van der Waals surface area contributed by atoms with Crippen LogP contribution < -0.4 is 0 Å². The summed E-state index contributed by atoms with van der Waals surface area (Å²) in [6, 6.07) is 0.467. The fraction of sp³-hybridized carbons (Fsp3) is 0.600. The van der Waals surface area contributed by atoms with Crippen molar-refractivity contribution >= 4 is 29.0 Å². The molecule has 1 aromatic heterocycles. The monoisotopic (exact) mass is 240 g/mol. The summed E-state index contributed by atoms with van der Waals surface area (Å²) in [4.78, 5) is 18.4. The van der Waals surface area contributed by atoms with E-state index in [9.17, 15) is 4.79 Å². The fourth-order valence-corrected chi connectivity index (χ4v) is 4.28. The molecule has 0 aromatic carbocycles. The number of carbonyl (C=O) groups is 1. The van der Waals surface area contributed by atoms with E-state index >= 15 is 0 Å². The molecule has 0 saturated carbocycles. The number of hydrogen-bond donors (Lipinski definition) is 0. The first kappa shape index (κ1) is 9.66. The van der Waals surface area contributed by atoms with Gasteiger partial charge in [0.15, 0.2) is 0 Å². The molecule has 3 nitrogen and oxygen atoms in total. The van der Waals surface area contributed by atoms with Gasteiger partial charge in [0.2, 0.25) is 0 Å². The number of fused-ring (bicyclic) bond motifs is 2. The summed E-state index contributed by atoms with van der Waals surface area (Å²) in [5.74, 6) is 1.24. The minimum atomic E-state index is 0.132. The van der Waals surface area contributed by atoms with Crippen LogP contribution in [-0.4, -0.2) is 39.4 Å². The molecule has 3 rings (SSSR count). The van der Waals surface area contributed by atoms with Gasteiger partial charge in [0.05, 0.1) is 5.01 Å². The molecule has 2 fully saturated rings. The average Bonchev–Trinajstić information content (AvgIpc) is 2.90. The van der Waals surface area contributed by atoms with Gasteiger partial charge in [-0.15, -0.1) is 11.3 Å². The van der Waals surface area contributed by atoms with E-state index in [0.717, 1.165) is 17.3 Å². The van der Waals surface area contributed by atoms with Crippen molar-refractivity contribution < 1.29 is 4.79 Å². The third-order valence-corrected chi connectivity index (χ3v) is 5.16. The van der Waals surface area contributed by atoms with Crippen molar-refractivity contribution in [2.75, 3.05) is 12.3 Å². The van der Waals surface area contributed by atoms with Crippen molar-refractivity contribution in [1.29, 1.82) is 0 Å². The van der Waals surface area contributed by atoms with Gasteiger partial charge in [0, 0.05) is 29.0 Å². The van der Waals surface area contributed by atoms with Crippen LogP contribution in [0.2, 0.25) is 0 Å². The zero-order chi connectivity index (χ0) is 10.4. The van der Waals surface area contributed by atoms with E-state index in [0.29, 0.717) is 17.0 Å². The van der Waals surface area contributed by atoms with Gasteiger partial charge in [0.25, 0.3) is 5.91 Å². The summed E-state index contributed by atoms with van der Waals surface area (Å²) >= 11 is 3.55. The summed E-state index contributed by atoms with van der Waals surface area (Å²) in [5, 5.41) is 3.52. The summed E-state index contributed by atoms with van der Waals surface area (Å²) < 4.78 is 0. The normalized spacial score (nSPS) is 28.7. The summed E-state index contributed by atoms with van der Waals surface area (Å²) in [6.45, 7) is 2.86. The molecule has 1 aromatic rings. The number of nitrogens with zero attached hydrogens (tertiary/aromatic N) is 2. The molecule has 15 heavy (non-hydrogen) atoms. The minimum Gasteiger partial charge on any atom is -0.332 e. The summed E-state index contributed by atoms with van der Waals surface area (Å²) in [7, 11) is 0. The van der Waals surface area contributed by atoms with Crippen LogP contribution in [0.4, 0.5) is 0 Å². The second-order valence-corrected chi connectivity index (χ2v) is 6.45. The van der Waals surface area contributed by atoms with E-state index in [4.69, 9.17) is 0 Å². The third-order valence-electron chi connectivity index (χ3n) is 3.00. The number of aromatic nitrogens is 1. The number of hydrogen-bond acceptors (Lipinski definition) is 4. The van der Waals surface area contributed by atoms with Crippen LogP contribution in [0.1, 0.15) is 21.9 Å². The lowest BCUT2D eigenvalue weighted by atomic mass is 10.2. The molecule has 2 aliphatic heterocycles. The van der Waals surface area contributed by atoms with Crippen molar-refractivity contribution in [2.45, 2.75) is 24.6 Å². The Bertz CT molecular complexity index is 404. The van der Waals surface area contributed by atoms with Crippen LogP contribution in [0.25, 0.3) is 0 Å². The number of likely N-dealkylation sites (tertiary alicyclic amines) is 1. The number of aryl methyl sites for hydroxylation is 1. The van der Waals surface area contributed by atoms with E-state index in [-0.39, 0.29) is 5.91 Å². The van der Waals surface area contributed by atoms with Crippen molar-refractivity contribution in [3.8, 4) is 0 Å². The van der Waals surface area contributed by atoms with Gasteiger partial charge in [-0.2, -0.15) is 11.8 Å². The van der Waals surface area contributed by atoms with Gasteiger partial charge in [-0.3, -0.25) is 4.79 Å². The van der Waals surface area contributed by atoms with Gasteiger partial charge in [-0.1, -0.05) is 0 Å². The van der Waals surface area contributed by atoms with E-state index < -0.39 is 0 Å². The zero-order valence-corrected chi connectivity index (χ0v) is 10.1. The van der Waals surface area contributed by atoms with E-state index in [1.165, 1.54) is 6.42 Å². The molecular formula is C10H12N2OS2. The minimum absolute atomic E-state index is 0.132. The van der Waals surface area contributed by atoms with Gasteiger partial charge in [-0.05, 0) is 13.3 Å². The maximum absolute atomic E-state index is 12.1. The SMILES string of the molecule is Cc1nc(C(=O)N2CC3CC2CS3)cs1. The van der Waals surface area contributed by atoms with Crippen molar-refractivity contribution in [1.82, 2.24) is 9.88 Å². The Morgan fingerprint density at radius 1 is 1.67 bits per heavy atom. The first-order valence-corrected chi connectivity index (χ1v) is 7.01. The molecule has 2 bridgehead atoms. The molecule has 80 valence electrons. The van der Waals surface area contributed by atoms with Crippen molar-refractivity contribution in [3.05, 3.63) is 16.1 Å². The molecule has 2 aliphatic rings. The van der Waals surface area contributed by atoms with Crippen LogP contribution in [0.15, 0.2) is 5.38 Å². The fourth-order valence-electron chi connectivity index (χ4n) is 2.26. The lowest BCUT2D eigenvalue weighted by Gasteiger charge is -2.25. The topological polar surface area (TPSA) is 33.2 Å². The smallest absolute Gasteiger partial charge is 0.273 e. The van der Waals surface area contributed by atoms with Crippen LogP contribution >= 0.6 is 23.1 Å². The molecule has 2 saturated heterocycles. The van der Waals surface area contributed by atoms with Crippen molar-refractivity contribution in [3.63, 3.8) is 0 Å². The van der Waals surface area contributed by atoms with Crippen molar-refractivity contribution in [2.24, 2.45) is 0 Å². The number of thiazole rings is 1. The van der Waals surface area contributed by atoms with Gasteiger partial charge in [-0.25, -0.2) is 4.98 Å². The van der Waals surface area contributed by atoms with Gasteiger partial charge in [0.1, 0.15) is 5.69 Å². The highest BCUT2D eigenvalue weighted by atomic mass is 32.2. The maximum atomic E-state index is 12.1. The van der Waals surface area contributed by atoms with Crippen LogP contribution in [0, 0.1) is 6.92 Å². The Kier molecular flexibility index (Phi) is 2.25.